The second-order valence-electron chi connectivity index (χ2n) is 8.86. The normalized spacial score (nSPS) is 12.4. The molecule has 0 saturated heterocycles. The first-order valence-corrected chi connectivity index (χ1v) is 11.0. The van der Waals surface area contributed by atoms with Crippen LogP contribution in [0.3, 0.4) is 0 Å². The van der Waals surface area contributed by atoms with E-state index in [-0.39, 0.29) is 33.7 Å². The van der Waals surface area contributed by atoms with Gasteiger partial charge in [-0.3, -0.25) is 9.48 Å². The summed E-state index contributed by atoms with van der Waals surface area (Å²) in [6.45, 7) is 7.36. The number of nitrogens with zero attached hydrogens (tertiary/aromatic N) is 7. The molecule has 0 saturated carbocycles. The minimum atomic E-state index is -0.725. The van der Waals surface area contributed by atoms with Crippen molar-refractivity contribution in [3.63, 3.8) is 0 Å². The van der Waals surface area contributed by atoms with Crippen molar-refractivity contribution in [1.29, 1.82) is 0 Å². The first-order valence-electron chi connectivity index (χ1n) is 10.6. The summed E-state index contributed by atoms with van der Waals surface area (Å²) >= 11 is 6.33. The van der Waals surface area contributed by atoms with Crippen LogP contribution in [0.25, 0.3) is 11.4 Å². The molecule has 11 nitrogen and oxygen atoms in total. The van der Waals surface area contributed by atoms with E-state index >= 15 is 4.39 Å². The number of aryl methyl sites for hydroxylation is 1. The second-order valence-corrected chi connectivity index (χ2v) is 9.24. The van der Waals surface area contributed by atoms with E-state index in [0.717, 1.165) is 0 Å². The molecule has 0 aliphatic carbocycles. The molecule has 3 heterocycles. The SMILES string of the molecule is C[C@H](NC(=O)c1nc(C(C)(C)C)no1)c1ccc(-c2ncnc(Nc3cnn(C)c3)n2)c(F)c1Cl. The molecule has 0 aliphatic rings. The van der Waals surface area contributed by atoms with Gasteiger partial charge in [-0.1, -0.05) is 43.6 Å². The number of aromatic nitrogens is 7. The summed E-state index contributed by atoms with van der Waals surface area (Å²) in [5, 5.41) is 13.4. The van der Waals surface area contributed by atoms with Gasteiger partial charge in [0.25, 0.3) is 0 Å². The summed E-state index contributed by atoms with van der Waals surface area (Å²) in [6.07, 6.45) is 4.61. The number of carbonyl (C=O) groups excluding carboxylic acids is 1. The second kappa shape index (κ2) is 9.37. The maximum Gasteiger partial charge on any atom is 0.315 e. The molecule has 3 aromatic heterocycles. The molecule has 1 atom stereocenters. The van der Waals surface area contributed by atoms with Crippen LogP contribution in [0.2, 0.25) is 5.02 Å². The van der Waals surface area contributed by atoms with Gasteiger partial charge in [-0.25, -0.2) is 14.4 Å². The van der Waals surface area contributed by atoms with Crippen LogP contribution < -0.4 is 10.6 Å². The molecule has 2 N–H and O–H groups in total. The third-order valence-corrected chi connectivity index (χ3v) is 5.38. The number of halogens is 2. The molecule has 0 spiro atoms. The Hall–Kier alpha value is -3.93. The van der Waals surface area contributed by atoms with Gasteiger partial charge in [-0.05, 0) is 18.6 Å². The number of hydrogen-bond donors (Lipinski definition) is 2. The number of amides is 1. The minimum absolute atomic E-state index is 0.0839. The number of nitrogens with one attached hydrogen (secondary N) is 2. The van der Waals surface area contributed by atoms with Gasteiger partial charge < -0.3 is 15.2 Å². The van der Waals surface area contributed by atoms with Gasteiger partial charge in [-0.2, -0.15) is 15.1 Å². The highest BCUT2D eigenvalue weighted by atomic mass is 35.5. The molecular formula is C22H23ClFN9O2. The van der Waals surface area contributed by atoms with Crippen LogP contribution in [0.5, 0.6) is 0 Å². The van der Waals surface area contributed by atoms with Crippen molar-refractivity contribution in [2.45, 2.75) is 39.2 Å². The average Bonchev–Trinajstić information content (AvgIpc) is 3.45. The summed E-state index contributed by atoms with van der Waals surface area (Å²) in [5.41, 5.74) is 0.734. The fraction of sp³-hybridized carbons (Fsp3) is 0.318. The van der Waals surface area contributed by atoms with Crippen LogP contribution in [0.1, 0.15) is 55.8 Å². The van der Waals surface area contributed by atoms with Gasteiger partial charge >= 0.3 is 11.8 Å². The van der Waals surface area contributed by atoms with E-state index in [2.05, 4.69) is 40.8 Å². The quantitative estimate of drug-likeness (QED) is 0.403. The predicted molar refractivity (Wildman–Crippen MR) is 126 cm³/mol. The van der Waals surface area contributed by atoms with Crippen molar-refractivity contribution in [3.05, 3.63) is 59.0 Å². The van der Waals surface area contributed by atoms with Crippen LogP contribution in [0, 0.1) is 5.82 Å². The molecule has 13 heteroatoms. The smallest absolute Gasteiger partial charge is 0.315 e. The Bertz CT molecular complexity index is 1380. The number of rotatable bonds is 6. The van der Waals surface area contributed by atoms with Gasteiger partial charge in [0.15, 0.2) is 17.5 Å². The fourth-order valence-corrected chi connectivity index (χ4v) is 3.46. The molecule has 4 aromatic rings. The van der Waals surface area contributed by atoms with Gasteiger partial charge in [-0.15, -0.1) is 0 Å². The van der Waals surface area contributed by atoms with Gasteiger partial charge in [0.2, 0.25) is 5.95 Å². The van der Waals surface area contributed by atoms with E-state index in [1.54, 1.807) is 37.1 Å². The largest absolute Gasteiger partial charge is 0.341 e. The molecule has 4 rings (SSSR count). The highest BCUT2D eigenvalue weighted by molar-refractivity contribution is 6.31. The molecule has 0 aliphatic heterocycles. The molecular weight excluding hydrogens is 477 g/mol. The number of benzene rings is 1. The summed E-state index contributed by atoms with van der Waals surface area (Å²) < 4.78 is 21.9. The Morgan fingerprint density at radius 2 is 2.00 bits per heavy atom. The highest BCUT2D eigenvalue weighted by Crippen LogP contribution is 2.32. The van der Waals surface area contributed by atoms with E-state index in [1.165, 1.54) is 12.4 Å². The van der Waals surface area contributed by atoms with Crippen LogP contribution in [0.15, 0.2) is 35.4 Å². The third-order valence-electron chi connectivity index (χ3n) is 4.99. The van der Waals surface area contributed by atoms with Crippen LogP contribution >= 0.6 is 11.6 Å². The van der Waals surface area contributed by atoms with Crippen LogP contribution in [0.4, 0.5) is 16.0 Å². The van der Waals surface area contributed by atoms with E-state index in [1.807, 2.05) is 20.8 Å². The van der Waals surface area contributed by atoms with Crippen molar-refractivity contribution in [3.8, 4) is 11.4 Å². The topological polar surface area (TPSA) is 137 Å². The Morgan fingerprint density at radius 3 is 2.66 bits per heavy atom. The maximum absolute atomic E-state index is 15.2. The lowest BCUT2D eigenvalue weighted by Crippen LogP contribution is -2.27. The van der Waals surface area contributed by atoms with Gasteiger partial charge in [0.05, 0.1) is 28.5 Å². The Labute approximate surface area is 205 Å². The zero-order valence-corrected chi connectivity index (χ0v) is 20.4. The lowest BCUT2D eigenvalue weighted by atomic mass is 9.96. The Kier molecular flexibility index (Phi) is 6.48. The van der Waals surface area contributed by atoms with Gasteiger partial charge in [0.1, 0.15) is 6.33 Å². The monoisotopic (exact) mass is 499 g/mol. The first kappa shape index (κ1) is 24.2. The molecule has 1 amide bonds. The van der Waals surface area contributed by atoms with Crippen molar-refractivity contribution in [2.24, 2.45) is 7.05 Å². The lowest BCUT2D eigenvalue weighted by Gasteiger charge is -2.16. The molecule has 35 heavy (non-hydrogen) atoms. The van der Waals surface area contributed by atoms with Crippen molar-refractivity contribution in [2.75, 3.05) is 5.32 Å². The number of hydrogen-bond acceptors (Lipinski definition) is 9. The van der Waals surface area contributed by atoms with Gasteiger partial charge in [0, 0.05) is 18.7 Å². The van der Waals surface area contributed by atoms with Crippen molar-refractivity contribution >= 4 is 29.1 Å². The summed E-state index contributed by atoms with van der Waals surface area (Å²) in [7, 11) is 1.78. The maximum atomic E-state index is 15.2. The fourth-order valence-electron chi connectivity index (χ4n) is 3.13. The molecule has 0 bridgehead atoms. The summed E-state index contributed by atoms with van der Waals surface area (Å²) in [5.74, 6) is -0.791. The Morgan fingerprint density at radius 1 is 1.23 bits per heavy atom. The molecule has 1 aromatic carbocycles. The van der Waals surface area contributed by atoms with E-state index in [0.29, 0.717) is 17.1 Å². The Balaban J connectivity index is 1.53. The predicted octanol–water partition coefficient (Wildman–Crippen LogP) is 3.98. The molecule has 182 valence electrons. The van der Waals surface area contributed by atoms with Crippen LogP contribution in [-0.4, -0.2) is 40.8 Å². The molecule has 0 fully saturated rings. The van der Waals surface area contributed by atoms with Crippen LogP contribution in [-0.2, 0) is 12.5 Å². The highest BCUT2D eigenvalue weighted by Gasteiger charge is 2.26. The first-order chi connectivity index (χ1) is 16.5. The minimum Gasteiger partial charge on any atom is -0.341 e. The zero-order valence-electron chi connectivity index (χ0n) is 19.7. The third kappa shape index (κ3) is 5.27. The van der Waals surface area contributed by atoms with E-state index in [4.69, 9.17) is 16.1 Å². The van der Waals surface area contributed by atoms with Crippen molar-refractivity contribution in [1.82, 2.24) is 40.2 Å². The summed E-state index contributed by atoms with van der Waals surface area (Å²) in [4.78, 5) is 29.1. The molecule has 0 radical (unpaired) electrons. The average molecular weight is 500 g/mol. The zero-order chi connectivity index (χ0) is 25.3. The van der Waals surface area contributed by atoms with E-state index in [9.17, 15) is 4.79 Å². The summed E-state index contributed by atoms with van der Waals surface area (Å²) in [6, 6.07) is 2.44. The lowest BCUT2D eigenvalue weighted by molar-refractivity contribution is 0.0895. The number of carbonyl (C=O) groups is 1. The number of anilines is 2. The van der Waals surface area contributed by atoms with Crippen molar-refractivity contribution < 1.29 is 13.7 Å². The molecule has 0 unspecified atom stereocenters. The standard InChI is InChI=1S/C22H23ClFN9O2/c1-11(28-18(34)19-31-20(32-35-19)22(2,3)4)13-6-7-14(16(24)15(13)23)17-25-10-26-21(30-17)29-12-8-27-33(5)9-12/h6-11H,1-5H3,(H,28,34)(H,25,26,29,30)/t11-/m0/s1. The van der Waals surface area contributed by atoms with E-state index < -0.39 is 17.8 Å².